The maximum Gasteiger partial charge on any atom is 0.276 e. The zero-order valence-electron chi connectivity index (χ0n) is 11.3. The second-order valence-corrected chi connectivity index (χ2v) is 4.05. The van der Waals surface area contributed by atoms with E-state index in [2.05, 4.69) is 30.6 Å². The second kappa shape index (κ2) is 8.50. The SMILES string of the molecule is C=Cc1cc(OCCCC)c(OCCCC)nn1. The van der Waals surface area contributed by atoms with Crippen molar-refractivity contribution in [3.8, 4) is 11.6 Å². The average Bonchev–Trinajstić information content (AvgIpc) is 2.40. The van der Waals surface area contributed by atoms with Gasteiger partial charge >= 0.3 is 0 Å². The lowest BCUT2D eigenvalue weighted by Crippen LogP contribution is -2.05. The van der Waals surface area contributed by atoms with Crippen molar-refractivity contribution in [1.29, 1.82) is 0 Å². The summed E-state index contributed by atoms with van der Waals surface area (Å²) in [6.07, 6.45) is 5.85. The maximum absolute atomic E-state index is 5.68. The minimum absolute atomic E-state index is 0.477. The van der Waals surface area contributed by atoms with Gasteiger partial charge in [0.1, 0.15) is 0 Å². The highest BCUT2D eigenvalue weighted by molar-refractivity contribution is 5.46. The van der Waals surface area contributed by atoms with Crippen molar-refractivity contribution in [3.05, 3.63) is 18.3 Å². The van der Waals surface area contributed by atoms with E-state index in [1.807, 2.05) is 6.07 Å². The lowest BCUT2D eigenvalue weighted by molar-refractivity contribution is 0.250. The number of aromatic nitrogens is 2. The van der Waals surface area contributed by atoms with Gasteiger partial charge in [0.25, 0.3) is 5.88 Å². The standard InChI is InChI=1S/C14H22N2O2/c1-4-7-9-17-13-11-12(6-3)15-16-14(13)18-10-8-5-2/h6,11H,3-5,7-10H2,1-2H3. The molecule has 0 amide bonds. The molecule has 1 aromatic rings. The van der Waals surface area contributed by atoms with Crippen LogP contribution < -0.4 is 9.47 Å². The molecular formula is C14H22N2O2. The Hall–Kier alpha value is -1.58. The molecule has 18 heavy (non-hydrogen) atoms. The van der Waals surface area contributed by atoms with E-state index in [-0.39, 0.29) is 0 Å². The molecule has 0 saturated carbocycles. The number of nitrogens with zero attached hydrogens (tertiary/aromatic N) is 2. The molecule has 4 heteroatoms. The van der Waals surface area contributed by atoms with E-state index in [9.17, 15) is 0 Å². The number of unbranched alkanes of at least 4 members (excludes halogenated alkanes) is 2. The summed E-state index contributed by atoms with van der Waals surface area (Å²) in [5, 5.41) is 8.02. The molecule has 0 aliphatic carbocycles. The molecule has 1 heterocycles. The van der Waals surface area contributed by atoms with Gasteiger partial charge in [0.15, 0.2) is 5.75 Å². The summed E-state index contributed by atoms with van der Waals surface area (Å²) in [4.78, 5) is 0. The molecule has 1 aromatic heterocycles. The van der Waals surface area contributed by atoms with Crippen molar-refractivity contribution in [2.75, 3.05) is 13.2 Å². The summed E-state index contributed by atoms with van der Waals surface area (Å²) in [7, 11) is 0. The molecule has 0 atom stereocenters. The van der Waals surface area contributed by atoms with Gasteiger partial charge in [-0.3, -0.25) is 0 Å². The molecule has 0 spiro atoms. The largest absolute Gasteiger partial charge is 0.488 e. The monoisotopic (exact) mass is 250 g/mol. The average molecular weight is 250 g/mol. The van der Waals surface area contributed by atoms with E-state index < -0.39 is 0 Å². The Labute approximate surface area is 109 Å². The topological polar surface area (TPSA) is 44.2 Å². The molecule has 0 radical (unpaired) electrons. The number of hydrogen-bond acceptors (Lipinski definition) is 4. The van der Waals surface area contributed by atoms with Crippen molar-refractivity contribution in [2.45, 2.75) is 39.5 Å². The summed E-state index contributed by atoms with van der Waals surface area (Å²) < 4.78 is 11.3. The fraction of sp³-hybridized carbons (Fsp3) is 0.571. The van der Waals surface area contributed by atoms with Gasteiger partial charge in [0.05, 0.1) is 18.9 Å². The van der Waals surface area contributed by atoms with Gasteiger partial charge in [-0.2, -0.15) is 0 Å². The molecule has 0 saturated heterocycles. The van der Waals surface area contributed by atoms with Crippen molar-refractivity contribution in [3.63, 3.8) is 0 Å². The summed E-state index contributed by atoms with van der Waals surface area (Å²) in [6.45, 7) is 9.23. The van der Waals surface area contributed by atoms with Gasteiger partial charge in [-0.05, 0) is 18.9 Å². The van der Waals surface area contributed by atoms with Gasteiger partial charge < -0.3 is 9.47 Å². The molecule has 0 N–H and O–H groups in total. The molecule has 4 nitrogen and oxygen atoms in total. The van der Waals surface area contributed by atoms with E-state index in [0.29, 0.717) is 30.5 Å². The minimum Gasteiger partial charge on any atom is -0.488 e. The number of ether oxygens (including phenoxy) is 2. The van der Waals surface area contributed by atoms with Gasteiger partial charge in [-0.15, -0.1) is 10.2 Å². The molecule has 0 fully saturated rings. The molecule has 0 aromatic carbocycles. The first-order valence-corrected chi connectivity index (χ1v) is 6.57. The Bertz CT molecular complexity index is 367. The van der Waals surface area contributed by atoms with Crippen molar-refractivity contribution >= 4 is 6.08 Å². The maximum atomic E-state index is 5.68. The van der Waals surface area contributed by atoms with Crippen LogP contribution in [-0.4, -0.2) is 23.4 Å². The van der Waals surface area contributed by atoms with Crippen LogP contribution in [0.25, 0.3) is 6.08 Å². The molecule has 1 rings (SSSR count). The predicted octanol–water partition coefficient (Wildman–Crippen LogP) is 3.48. The molecule has 100 valence electrons. The van der Waals surface area contributed by atoms with E-state index >= 15 is 0 Å². The van der Waals surface area contributed by atoms with Gasteiger partial charge in [0, 0.05) is 6.07 Å². The lowest BCUT2D eigenvalue weighted by atomic mass is 10.3. The van der Waals surface area contributed by atoms with Crippen molar-refractivity contribution in [1.82, 2.24) is 10.2 Å². The van der Waals surface area contributed by atoms with Gasteiger partial charge in [-0.25, -0.2) is 0 Å². The normalized spacial score (nSPS) is 10.1. The molecule has 0 unspecified atom stereocenters. The quantitative estimate of drug-likeness (QED) is 0.629. The van der Waals surface area contributed by atoms with Crippen LogP contribution >= 0.6 is 0 Å². The first kappa shape index (κ1) is 14.5. The highest BCUT2D eigenvalue weighted by Gasteiger charge is 2.08. The third-order valence-electron chi connectivity index (χ3n) is 2.45. The predicted molar refractivity (Wildman–Crippen MR) is 72.9 cm³/mol. The van der Waals surface area contributed by atoms with Gasteiger partial charge in [-0.1, -0.05) is 33.3 Å². The zero-order valence-corrected chi connectivity index (χ0v) is 11.3. The Balaban J connectivity index is 2.69. The fourth-order valence-corrected chi connectivity index (χ4v) is 1.32. The second-order valence-electron chi connectivity index (χ2n) is 4.05. The molecule has 0 aliphatic rings. The minimum atomic E-state index is 0.477. The molecule has 0 aliphatic heterocycles. The molecular weight excluding hydrogens is 228 g/mol. The Kier molecular flexibility index (Phi) is 6.84. The van der Waals surface area contributed by atoms with Crippen LogP contribution in [0.2, 0.25) is 0 Å². The van der Waals surface area contributed by atoms with Crippen LogP contribution in [0.15, 0.2) is 12.6 Å². The van der Waals surface area contributed by atoms with E-state index in [4.69, 9.17) is 9.47 Å². The highest BCUT2D eigenvalue weighted by atomic mass is 16.5. The van der Waals surface area contributed by atoms with Crippen LogP contribution in [0.1, 0.15) is 45.2 Å². The highest BCUT2D eigenvalue weighted by Crippen LogP contribution is 2.25. The fourth-order valence-electron chi connectivity index (χ4n) is 1.32. The van der Waals surface area contributed by atoms with Crippen LogP contribution in [0.5, 0.6) is 11.6 Å². The third kappa shape index (κ3) is 4.73. The van der Waals surface area contributed by atoms with Crippen molar-refractivity contribution in [2.24, 2.45) is 0 Å². The Morgan fingerprint density at radius 3 is 2.39 bits per heavy atom. The van der Waals surface area contributed by atoms with Crippen molar-refractivity contribution < 1.29 is 9.47 Å². The number of hydrogen-bond donors (Lipinski definition) is 0. The summed E-state index contributed by atoms with van der Waals surface area (Å²) in [5.41, 5.74) is 0.698. The summed E-state index contributed by atoms with van der Waals surface area (Å²) in [6, 6.07) is 1.82. The Morgan fingerprint density at radius 2 is 1.78 bits per heavy atom. The molecule has 0 bridgehead atoms. The van der Waals surface area contributed by atoms with Crippen LogP contribution in [0, 0.1) is 0 Å². The van der Waals surface area contributed by atoms with Crippen LogP contribution in [0.3, 0.4) is 0 Å². The number of rotatable bonds is 9. The van der Waals surface area contributed by atoms with Gasteiger partial charge in [0.2, 0.25) is 0 Å². The van der Waals surface area contributed by atoms with E-state index in [1.165, 1.54) is 0 Å². The summed E-state index contributed by atoms with van der Waals surface area (Å²) in [5.74, 6) is 1.13. The zero-order chi connectivity index (χ0) is 13.2. The Morgan fingerprint density at radius 1 is 1.11 bits per heavy atom. The summed E-state index contributed by atoms with van der Waals surface area (Å²) >= 11 is 0. The van der Waals surface area contributed by atoms with Crippen LogP contribution in [0.4, 0.5) is 0 Å². The lowest BCUT2D eigenvalue weighted by Gasteiger charge is -2.11. The van der Waals surface area contributed by atoms with E-state index in [0.717, 1.165) is 25.7 Å². The first-order chi connectivity index (χ1) is 8.81. The first-order valence-electron chi connectivity index (χ1n) is 6.57. The van der Waals surface area contributed by atoms with E-state index in [1.54, 1.807) is 6.08 Å². The van der Waals surface area contributed by atoms with Crippen LogP contribution in [-0.2, 0) is 0 Å². The third-order valence-corrected chi connectivity index (χ3v) is 2.45. The smallest absolute Gasteiger partial charge is 0.276 e.